The number of carbonyl (C=O) groups is 1. The van der Waals surface area contributed by atoms with Gasteiger partial charge in [-0.05, 0) is 54.3 Å². The molecule has 7 nitrogen and oxygen atoms in total. The normalized spacial score (nSPS) is 21.7. The zero-order valence-corrected chi connectivity index (χ0v) is 17.4. The second-order valence-corrected chi connectivity index (χ2v) is 9.40. The summed E-state index contributed by atoms with van der Waals surface area (Å²) in [6.07, 6.45) is 2.89. The highest BCUT2D eigenvalue weighted by molar-refractivity contribution is 8.03. The second-order valence-electron chi connectivity index (χ2n) is 8.42. The summed E-state index contributed by atoms with van der Waals surface area (Å²) in [4.78, 5) is 13.0. The SMILES string of the molecule is CC1(C)CC(=O)C(Sc2nnc(-c3ccc(O)cc3)n2C[C@H]2CCCO2)=C(O)C1. The van der Waals surface area contributed by atoms with Crippen LogP contribution in [0, 0.1) is 5.41 Å². The second kappa shape index (κ2) is 7.84. The third-order valence-electron chi connectivity index (χ3n) is 5.25. The van der Waals surface area contributed by atoms with E-state index in [2.05, 4.69) is 10.2 Å². The monoisotopic (exact) mass is 415 g/mol. The number of aromatic nitrogens is 3. The summed E-state index contributed by atoms with van der Waals surface area (Å²) in [5.74, 6) is 0.876. The Kier molecular flexibility index (Phi) is 5.40. The van der Waals surface area contributed by atoms with E-state index in [4.69, 9.17) is 4.74 Å². The minimum Gasteiger partial charge on any atom is -0.511 e. The minimum absolute atomic E-state index is 0.0600. The van der Waals surface area contributed by atoms with Crippen LogP contribution >= 0.6 is 11.8 Å². The number of ketones is 1. The molecule has 0 radical (unpaired) electrons. The first kappa shape index (κ1) is 20.0. The van der Waals surface area contributed by atoms with E-state index in [-0.39, 0.29) is 28.8 Å². The molecule has 2 aliphatic rings. The van der Waals surface area contributed by atoms with E-state index >= 15 is 0 Å². The molecule has 8 heteroatoms. The summed E-state index contributed by atoms with van der Waals surface area (Å²) < 4.78 is 7.74. The number of hydrogen-bond acceptors (Lipinski definition) is 7. The molecule has 1 aliphatic heterocycles. The topological polar surface area (TPSA) is 97.5 Å². The van der Waals surface area contributed by atoms with Crippen molar-refractivity contribution in [2.45, 2.75) is 57.3 Å². The number of aliphatic hydroxyl groups is 1. The number of phenols is 1. The van der Waals surface area contributed by atoms with E-state index < -0.39 is 0 Å². The van der Waals surface area contributed by atoms with Gasteiger partial charge in [-0.2, -0.15) is 0 Å². The quantitative estimate of drug-likeness (QED) is 0.759. The van der Waals surface area contributed by atoms with Gasteiger partial charge in [0.15, 0.2) is 16.8 Å². The fourth-order valence-corrected chi connectivity index (χ4v) is 4.74. The molecule has 0 spiro atoms. The third-order valence-corrected chi connectivity index (χ3v) is 6.40. The van der Waals surface area contributed by atoms with Gasteiger partial charge in [-0.25, -0.2) is 0 Å². The van der Waals surface area contributed by atoms with E-state index in [1.165, 1.54) is 11.8 Å². The first-order chi connectivity index (χ1) is 13.8. The largest absolute Gasteiger partial charge is 0.511 e. The molecule has 4 rings (SSSR count). The van der Waals surface area contributed by atoms with Gasteiger partial charge in [-0.1, -0.05) is 13.8 Å². The molecule has 0 amide bonds. The van der Waals surface area contributed by atoms with Crippen molar-refractivity contribution < 1.29 is 19.7 Å². The van der Waals surface area contributed by atoms with Crippen LogP contribution in [0.25, 0.3) is 11.4 Å². The molecular formula is C21H25N3O4S. The van der Waals surface area contributed by atoms with Crippen LogP contribution in [0.1, 0.15) is 39.5 Å². The predicted molar refractivity (Wildman–Crippen MR) is 110 cm³/mol. The Bertz CT molecular complexity index is 943. The highest BCUT2D eigenvalue weighted by Crippen LogP contribution is 2.42. The maximum atomic E-state index is 12.6. The van der Waals surface area contributed by atoms with Gasteiger partial charge in [0.05, 0.1) is 17.6 Å². The van der Waals surface area contributed by atoms with E-state index in [9.17, 15) is 15.0 Å². The summed E-state index contributed by atoms with van der Waals surface area (Å²) in [5.41, 5.74) is 0.572. The number of nitrogens with zero attached hydrogens (tertiary/aromatic N) is 3. The minimum atomic E-state index is -0.242. The van der Waals surface area contributed by atoms with Crippen molar-refractivity contribution in [3.05, 3.63) is 34.9 Å². The molecule has 2 N–H and O–H groups in total. The molecule has 2 heterocycles. The molecule has 0 unspecified atom stereocenters. The summed E-state index contributed by atoms with van der Waals surface area (Å²) >= 11 is 1.17. The third kappa shape index (κ3) is 4.33. The Hall–Kier alpha value is -2.32. The van der Waals surface area contributed by atoms with Crippen molar-refractivity contribution in [3.8, 4) is 17.1 Å². The van der Waals surface area contributed by atoms with Gasteiger partial charge >= 0.3 is 0 Å². The maximum absolute atomic E-state index is 12.6. The lowest BCUT2D eigenvalue weighted by Crippen LogP contribution is -2.25. The van der Waals surface area contributed by atoms with Gasteiger partial charge in [0.25, 0.3) is 0 Å². The number of ether oxygens (including phenoxy) is 1. The van der Waals surface area contributed by atoms with Crippen molar-refractivity contribution in [2.75, 3.05) is 6.61 Å². The van der Waals surface area contributed by atoms with Crippen molar-refractivity contribution in [2.24, 2.45) is 5.41 Å². The zero-order chi connectivity index (χ0) is 20.6. The summed E-state index contributed by atoms with van der Waals surface area (Å²) in [6.45, 7) is 5.26. The number of carbonyl (C=O) groups excluding carboxylic acids is 1. The summed E-state index contributed by atoms with van der Waals surface area (Å²) in [5, 5.41) is 29.3. The first-order valence-corrected chi connectivity index (χ1v) is 10.6. The van der Waals surface area contributed by atoms with Gasteiger partial charge in [0.1, 0.15) is 11.5 Å². The van der Waals surface area contributed by atoms with Gasteiger partial charge in [-0.15, -0.1) is 10.2 Å². The number of benzene rings is 1. The Balaban J connectivity index is 1.69. The number of rotatable bonds is 5. The fraction of sp³-hybridized carbons (Fsp3) is 0.476. The van der Waals surface area contributed by atoms with Crippen molar-refractivity contribution in [3.63, 3.8) is 0 Å². The lowest BCUT2D eigenvalue weighted by Gasteiger charge is -2.29. The zero-order valence-electron chi connectivity index (χ0n) is 16.6. The van der Waals surface area contributed by atoms with Crippen LogP contribution in [0.2, 0.25) is 0 Å². The molecule has 1 fully saturated rings. The molecule has 0 bridgehead atoms. The van der Waals surface area contributed by atoms with Gasteiger partial charge in [0, 0.05) is 25.0 Å². The van der Waals surface area contributed by atoms with Gasteiger partial charge in [0.2, 0.25) is 0 Å². The molecule has 1 saturated heterocycles. The molecule has 1 aromatic carbocycles. The van der Waals surface area contributed by atoms with Crippen LogP contribution in [0.15, 0.2) is 40.1 Å². The number of hydrogen-bond donors (Lipinski definition) is 2. The van der Waals surface area contributed by atoms with Crippen LogP contribution in [0.4, 0.5) is 0 Å². The van der Waals surface area contributed by atoms with Crippen molar-refractivity contribution >= 4 is 17.5 Å². The standard InChI is InChI=1S/C21H25N3O4S/c1-21(2)10-16(26)18(17(27)11-21)29-20-23-22-19(13-5-7-14(25)8-6-13)24(20)12-15-4-3-9-28-15/h5-8,15,25-26H,3-4,9-12H2,1-2H3/t15-/m1/s1. The molecule has 29 heavy (non-hydrogen) atoms. The number of thioether (sulfide) groups is 1. The molecule has 154 valence electrons. The van der Waals surface area contributed by atoms with E-state index in [0.29, 0.717) is 35.3 Å². The van der Waals surface area contributed by atoms with Crippen LogP contribution in [-0.4, -0.2) is 43.5 Å². The van der Waals surface area contributed by atoms with Crippen LogP contribution in [0.3, 0.4) is 0 Å². The highest BCUT2D eigenvalue weighted by atomic mass is 32.2. The maximum Gasteiger partial charge on any atom is 0.196 e. The molecule has 1 aliphatic carbocycles. The van der Waals surface area contributed by atoms with Crippen molar-refractivity contribution in [1.29, 1.82) is 0 Å². The van der Waals surface area contributed by atoms with Gasteiger partial charge < -0.3 is 14.9 Å². The number of aliphatic hydroxyl groups excluding tert-OH is 1. The smallest absolute Gasteiger partial charge is 0.196 e. The number of Topliss-reactive ketones (excluding diaryl/α,β-unsaturated/α-hetero) is 1. The molecular weight excluding hydrogens is 390 g/mol. The lowest BCUT2D eigenvalue weighted by atomic mass is 9.79. The van der Waals surface area contributed by atoms with E-state index in [0.717, 1.165) is 25.0 Å². The number of aromatic hydroxyl groups is 1. The van der Waals surface area contributed by atoms with Crippen molar-refractivity contribution in [1.82, 2.24) is 14.8 Å². The highest BCUT2D eigenvalue weighted by Gasteiger charge is 2.34. The molecule has 1 aromatic heterocycles. The molecule has 2 aromatic rings. The Morgan fingerprint density at radius 2 is 1.97 bits per heavy atom. The lowest BCUT2D eigenvalue weighted by molar-refractivity contribution is -0.117. The summed E-state index contributed by atoms with van der Waals surface area (Å²) in [6, 6.07) is 6.78. The average molecular weight is 416 g/mol. The number of phenolic OH excluding ortho intramolecular Hbond substituents is 1. The van der Waals surface area contributed by atoms with Gasteiger partial charge in [-0.3, -0.25) is 9.36 Å². The average Bonchev–Trinajstić information content (AvgIpc) is 3.29. The van der Waals surface area contributed by atoms with Crippen LogP contribution < -0.4 is 0 Å². The van der Waals surface area contributed by atoms with E-state index in [1.807, 2.05) is 18.4 Å². The Morgan fingerprint density at radius 1 is 1.21 bits per heavy atom. The first-order valence-electron chi connectivity index (χ1n) is 9.80. The fourth-order valence-electron chi connectivity index (χ4n) is 3.82. The van der Waals surface area contributed by atoms with Crippen LogP contribution in [-0.2, 0) is 16.1 Å². The Morgan fingerprint density at radius 3 is 2.62 bits per heavy atom. The van der Waals surface area contributed by atoms with Crippen LogP contribution in [0.5, 0.6) is 5.75 Å². The molecule has 1 atom stereocenters. The predicted octanol–water partition coefficient (Wildman–Crippen LogP) is 4.08. The summed E-state index contributed by atoms with van der Waals surface area (Å²) in [7, 11) is 0. The van der Waals surface area contributed by atoms with E-state index in [1.54, 1.807) is 24.3 Å². The number of allylic oxidation sites excluding steroid dienone is 2. The Labute approximate surface area is 173 Å². The molecule has 0 saturated carbocycles.